The zero-order chi connectivity index (χ0) is 9.90. The van der Waals surface area contributed by atoms with Gasteiger partial charge in [-0.25, -0.2) is 0 Å². The Bertz CT molecular complexity index is 216. The molecule has 0 aromatic heterocycles. The first kappa shape index (κ1) is 10.3. The van der Waals surface area contributed by atoms with E-state index in [0.29, 0.717) is 19.0 Å². The smallest absolute Gasteiger partial charge is 0.293 e. The Balaban J connectivity index is 2.42. The van der Waals surface area contributed by atoms with Crippen molar-refractivity contribution in [3.05, 3.63) is 11.6 Å². The normalized spacial score (nSPS) is 25.5. The molecule has 1 aliphatic rings. The van der Waals surface area contributed by atoms with Gasteiger partial charge in [-0.1, -0.05) is 25.5 Å². The van der Waals surface area contributed by atoms with Crippen LogP contribution in [0.3, 0.4) is 0 Å². The topological polar surface area (TPSA) is 26.3 Å². The third-order valence-corrected chi connectivity index (χ3v) is 3.40. The van der Waals surface area contributed by atoms with E-state index in [1.54, 1.807) is 0 Å². The molecule has 13 heavy (non-hydrogen) atoms. The molecule has 74 valence electrons. The fourth-order valence-corrected chi connectivity index (χ4v) is 1.94. The molecule has 1 atom stereocenters. The average molecular weight is 182 g/mol. The Kier molecular flexibility index (Phi) is 3.12. The molecule has 0 aromatic carbocycles. The summed E-state index contributed by atoms with van der Waals surface area (Å²) >= 11 is 0. The van der Waals surface area contributed by atoms with Gasteiger partial charge >= 0.3 is 0 Å². The molecule has 0 spiro atoms. The van der Waals surface area contributed by atoms with Gasteiger partial charge in [-0.15, -0.1) is 0 Å². The highest BCUT2D eigenvalue weighted by atomic mass is 16.5. The summed E-state index contributed by atoms with van der Waals surface area (Å²) in [6, 6.07) is 0. The fraction of sp³-hybridized carbons (Fsp3) is 0.727. The van der Waals surface area contributed by atoms with Crippen molar-refractivity contribution in [2.24, 2.45) is 11.3 Å². The van der Waals surface area contributed by atoms with Gasteiger partial charge in [0.05, 0.1) is 6.61 Å². The summed E-state index contributed by atoms with van der Waals surface area (Å²) in [4.78, 5) is 9.97. The third-order valence-electron chi connectivity index (χ3n) is 3.40. The quantitative estimate of drug-likeness (QED) is 0.379. The van der Waals surface area contributed by atoms with Crippen LogP contribution in [0.2, 0.25) is 0 Å². The molecule has 1 rings (SSSR count). The summed E-state index contributed by atoms with van der Waals surface area (Å²) in [7, 11) is 0. The van der Waals surface area contributed by atoms with Crippen molar-refractivity contribution in [2.45, 2.75) is 33.6 Å². The lowest BCUT2D eigenvalue weighted by atomic mass is 9.76. The second-order valence-electron chi connectivity index (χ2n) is 4.30. The highest BCUT2D eigenvalue weighted by Gasteiger charge is 2.34. The number of hydrogen-bond donors (Lipinski definition) is 0. The molecule has 0 radical (unpaired) electrons. The average Bonchev–Trinajstić information content (AvgIpc) is 2.32. The van der Waals surface area contributed by atoms with Crippen molar-refractivity contribution in [1.29, 1.82) is 0 Å². The number of rotatable bonds is 4. The Morgan fingerprint density at radius 2 is 2.38 bits per heavy atom. The summed E-state index contributed by atoms with van der Waals surface area (Å²) in [6.07, 6.45) is 4.40. The minimum Gasteiger partial charge on any atom is -0.468 e. The number of hydrogen-bond acceptors (Lipinski definition) is 2. The summed E-state index contributed by atoms with van der Waals surface area (Å²) in [5, 5.41) is 0. The molecule has 2 nitrogen and oxygen atoms in total. The molecule has 1 aliphatic carbocycles. The van der Waals surface area contributed by atoms with E-state index < -0.39 is 0 Å². The molecule has 0 saturated carbocycles. The van der Waals surface area contributed by atoms with Crippen LogP contribution in [0.15, 0.2) is 11.6 Å². The Labute approximate surface area is 80.0 Å². The summed E-state index contributed by atoms with van der Waals surface area (Å²) < 4.78 is 4.72. The van der Waals surface area contributed by atoms with Gasteiger partial charge in [0, 0.05) is 0 Å². The van der Waals surface area contributed by atoms with E-state index in [-0.39, 0.29) is 5.41 Å². The van der Waals surface area contributed by atoms with Gasteiger partial charge in [0.15, 0.2) is 0 Å². The lowest BCUT2D eigenvalue weighted by Gasteiger charge is -2.29. The molecule has 0 aliphatic heterocycles. The van der Waals surface area contributed by atoms with Crippen LogP contribution in [0.4, 0.5) is 0 Å². The lowest BCUT2D eigenvalue weighted by molar-refractivity contribution is -0.129. The van der Waals surface area contributed by atoms with E-state index >= 15 is 0 Å². The van der Waals surface area contributed by atoms with Crippen LogP contribution < -0.4 is 0 Å². The fourth-order valence-electron chi connectivity index (χ4n) is 1.94. The molecule has 0 amide bonds. The van der Waals surface area contributed by atoms with Crippen LogP contribution in [0, 0.1) is 11.3 Å². The van der Waals surface area contributed by atoms with Crippen LogP contribution in [0.5, 0.6) is 0 Å². The first-order valence-electron chi connectivity index (χ1n) is 4.81. The molecule has 0 saturated heterocycles. The first-order valence-corrected chi connectivity index (χ1v) is 4.81. The molecule has 0 heterocycles. The highest BCUT2D eigenvalue weighted by molar-refractivity contribution is 5.36. The minimum atomic E-state index is 0.284. The largest absolute Gasteiger partial charge is 0.468 e. The van der Waals surface area contributed by atoms with Crippen molar-refractivity contribution >= 4 is 6.47 Å². The number of allylic oxidation sites excluding steroid dienone is 2. The second-order valence-corrected chi connectivity index (χ2v) is 4.30. The van der Waals surface area contributed by atoms with Gasteiger partial charge in [0.2, 0.25) is 0 Å². The number of carbonyl (C=O) groups excluding carboxylic acids is 1. The summed E-state index contributed by atoms with van der Waals surface area (Å²) in [6.45, 7) is 7.79. The van der Waals surface area contributed by atoms with Crippen LogP contribution in [0.25, 0.3) is 0 Å². The monoisotopic (exact) mass is 182 g/mol. The van der Waals surface area contributed by atoms with Gasteiger partial charge in [0.1, 0.15) is 0 Å². The molecular weight excluding hydrogens is 164 g/mol. The van der Waals surface area contributed by atoms with E-state index in [0.717, 1.165) is 12.8 Å². The van der Waals surface area contributed by atoms with Crippen molar-refractivity contribution in [3.8, 4) is 0 Å². The number of ether oxygens (including phenoxy) is 1. The second kappa shape index (κ2) is 3.95. The molecular formula is C11H18O2. The van der Waals surface area contributed by atoms with Crippen molar-refractivity contribution < 1.29 is 9.53 Å². The van der Waals surface area contributed by atoms with E-state index in [1.165, 1.54) is 5.57 Å². The van der Waals surface area contributed by atoms with Crippen molar-refractivity contribution in [1.82, 2.24) is 0 Å². The molecule has 1 unspecified atom stereocenters. The summed E-state index contributed by atoms with van der Waals surface area (Å²) in [5.41, 5.74) is 1.75. The molecule has 0 bridgehead atoms. The minimum absolute atomic E-state index is 0.284. The third kappa shape index (κ3) is 2.11. The maximum atomic E-state index is 9.97. The Morgan fingerprint density at radius 1 is 1.69 bits per heavy atom. The van der Waals surface area contributed by atoms with E-state index in [4.69, 9.17) is 4.74 Å². The first-order chi connectivity index (χ1) is 6.09. The van der Waals surface area contributed by atoms with Gasteiger partial charge in [-0.3, -0.25) is 4.79 Å². The molecule has 0 N–H and O–H groups in total. The molecule has 0 aromatic rings. The van der Waals surface area contributed by atoms with Gasteiger partial charge < -0.3 is 4.74 Å². The number of carbonyl (C=O) groups is 1. The van der Waals surface area contributed by atoms with Gasteiger partial charge in [-0.05, 0) is 31.1 Å². The highest BCUT2D eigenvalue weighted by Crippen LogP contribution is 2.44. The molecule has 2 heteroatoms. The Hall–Kier alpha value is -0.790. The van der Waals surface area contributed by atoms with Gasteiger partial charge in [-0.2, -0.15) is 0 Å². The maximum Gasteiger partial charge on any atom is 0.293 e. The zero-order valence-corrected chi connectivity index (χ0v) is 8.67. The predicted molar refractivity (Wildman–Crippen MR) is 52.3 cm³/mol. The van der Waals surface area contributed by atoms with E-state index in [1.807, 2.05) is 0 Å². The van der Waals surface area contributed by atoms with Crippen LogP contribution in [-0.2, 0) is 9.53 Å². The Morgan fingerprint density at radius 3 is 2.85 bits per heavy atom. The van der Waals surface area contributed by atoms with Gasteiger partial charge in [0.25, 0.3) is 6.47 Å². The van der Waals surface area contributed by atoms with Crippen LogP contribution in [-0.4, -0.2) is 13.1 Å². The lowest BCUT2D eigenvalue weighted by Crippen LogP contribution is -2.21. The van der Waals surface area contributed by atoms with E-state index in [9.17, 15) is 4.79 Å². The maximum absolute atomic E-state index is 9.97. The standard InChI is InChI=1S/C11H18O2/c1-9-4-5-10(11(9,2)3)6-7-13-8-12/h4,8,10H,5-7H2,1-3H3. The van der Waals surface area contributed by atoms with Crippen LogP contribution >= 0.6 is 0 Å². The van der Waals surface area contributed by atoms with Crippen molar-refractivity contribution in [2.75, 3.05) is 6.61 Å². The van der Waals surface area contributed by atoms with Crippen LogP contribution in [0.1, 0.15) is 33.6 Å². The van der Waals surface area contributed by atoms with Crippen molar-refractivity contribution in [3.63, 3.8) is 0 Å². The summed E-state index contributed by atoms with van der Waals surface area (Å²) in [5.74, 6) is 0.632. The van der Waals surface area contributed by atoms with E-state index in [2.05, 4.69) is 26.8 Å². The zero-order valence-electron chi connectivity index (χ0n) is 8.67. The SMILES string of the molecule is CC1=CCC(CCOC=O)C1(C)C. The molecule has 0 fully saturated rings. The predicted octanol–water partition coefficient (Wildman–Crippen LogP) is 2.54.